The van der Waals surface area contributed by atoms with Crippen LogP contribution in [0.2, 0.25) is 0 Å². The minimum absolute atomic E-state index is 0.0647. The number of amides is 2. The molecule has 0 radical (unpaired) electrons. The molecule has 3 heterocycles. The molecule has 1 aromatic carbocycles. The molecule has 9 heteroatoms. The molecule has 1 aromatic heterocycles. The zero-order valence-corrected chi connectivity index (χ0v) is 17.9. The van der Waals surface area contributed by atoms with Crippen LogP contribution in [-0.2, 0) is 16.1 Å². The molecule has 2 amide bonds. The maximum absolute atomic E-state index is 12.2. The van der Waals surface area contributed by atoms with Crippen molar-refractivity contribution in [1.82, 2.24) is 15.2 Å². The Kier molecular flexibility index (Phi) is 7.30. The van der Waals surface area contributed by atoms with Gasteiger partial charge in [-0.25, -0.2) is 4.98 Å². The number of nitrogen functional groups attached to an aromatic ring is 1. The highest BCUT2D eigenvalue weighted by Crippen LogP contribution is 2.31. The Balaban J connectivity index is 0.000000225. The van der Waals surface area contributed by atoms with E-state index in [0.717, 1.165) is 29.2 Å². The number of nitrogens with zero attached hydrogens (tertiary/aromatic N) is 2. The highest BCUT2D eigenvalue weighted by atomic mass is 16.7. The Morgan fingerprint density at radius 1 is 1.19 bits per heavy atom. The lowest BCUT2D eigenvalue weighted by atomic mass is 10.1. The Hall–Kier alpha value is -3.33. The maximum atomic E-state index is 12.2. The molecule has 0 bridgehead atoms. The van der Waals surface area contributed by atoms with Crippen molar-refractivity contribution in [2.45, 2.75) is 39.3 Å². The van der Waals surface area contributed by atoms with Crippen LogP contribution in [0.3, 0.4) is 0 Å². The Bertz CT molecular complexity index is 949. The number of fused-ring (bicyclic) bond motifs is 1. The van der Waals surface area contributed by atoms with E-state index >= 15 is 0 Å². The van der Waals surface area contributed by atoms with Gasteiger partial charge in [0.1, 0.15) is 11.9 Å². The van der Waals surface area contributed by atoms with E-state index in [1.165, 1.54) is 5.56 Å². The number of nitrogens with two attached hydrogens (primary N) is 2. The Labute approximate surface area is 181 Å². The molecule has 2 aliphatic rings. The first-order valence-electron chi connectivity index (χ1n) is 10.2. The molecular formula is C22H29N5O4. The van der Waals surface area contributed by atoms with E-state index in [1.807, 2.05) is 38.1 Å². The zero-order chi connectivity index (χ0) is 22.4. The maximum Gasteiger partial charge on any atom is 0.243 e. The van der Waals surface area contributed by atoms with Crippen molar-refractivity contribution in [1.29, 1.82) is 0 Å². The van der Waals surface area contributed by atoms with Crippen molar-refractivity contribution >= 4 is 17.6 Å². The molecule has 166 valence electrons. The fraction of sp³-hybridized carbons (Fsp3) is 0.409. The van der Waals surface area contributed by atoms with Crippen LogP contribution in [-0.4, -0.2) is 47.6 Å². The molecule has 1 unspecified atom stereocenters. The fourth-order valence-corrected chi connectivity index (χ4v) is 3.56. The number of aromatic nitrogens is 1. The van der Waals surface area contributed by atoms with Crippen LogP contribution in [0.15, 0.2) is 30.3 Å². The van der Waals surface area contributed by atoms with Gasteiger partial charge in [0.05, 0.1) is 6.54 Å². The predicted octanol–water partition coefficient (Wildman–Crippen LogP) is 1.26. The molecule has 2 aliphatic heterocycles. The SMILES string of the molecule is Cc1ccc2c(c1)OCO2.Cc1nc(N)ccc1CNC(=O)C1CCCN1C(=O)CN. The molecule has 0 spiro atoms. The molecule has 1 atom stereocenters. The van der Waals surface area contributed by atoms with Gasteiger partial charge in [0.25, 0.3) is 0 Å². The third-order valence-corrected chi connectivity index (χ3v) is 5.25. The van der Waals surface area contributed by atoms with Crippen LogP contribution in [0.25, 0.3) is 0 Å². The topological polar surface area (TPSA) is 133 Å². The van der Waals surface area contributed by atoms with E-state index in [-0.39, 0.29) is 18.4 Å². The van der Waals surface area contributed by atoms with Gasteiger partial charge in [0.15, 0.2) is 11.5 Å². The highest BCUT2D eigenvalue weighted by Gasteiger charge is 2.33. The number of aryl methyl sites for hydroxylation is 2. The predicted molar refractivity (Wildman–Crippen MR) is 116 cm³/mol. The third-order valence-electron chi connectivity index (χ3n) is 5.25. The molecule has 31 heavy (non-hydrogen) atoms. The van der Waals surface area contributed by atoms with Crippen molar-refractivity contribution in [3.8, 4) is 11.5 Å². The molecule has 5 N–H and O–H groups in total. The van der Waals surface area contributed by atoms with Crippen molar-refractivity contribution in [2.24, 2.45) is 5.73 Å². The molecule has 0 saturated carbocycles. The van der Waals surface area contributed by atoms with Gasteiger partial charge in [0.2, 0.25) is 18.6 Å². The Morgan fingerprint density at radius 3 is 2.71 bits per heavy atom. The minimum Gasteiger partial charge on any atom is -0.454 e. The number of rotatable bonds is 4. The van der Waals surface area contributed by atoms with Gasteiger partial charge in [-0.1, -0.05) is 12.1 Å². The number of pyridine rings is 1. The number of anilines is 1. The van der Waals surface area contributed by atoms with Gasteiger partial charge in [-0.2, -0.15) is 0 Å². The summed E-state index contributed by atoms with van der Waals surface area (Å²) < 4.78 is 10.3. The van der Waals surface area contributed by atoms with Crippen LogP contribution < -0.4 is 26.3 Å². The average molecular weight is 428 g/mol. The van der Waals surface area contributed by atoms with Crippen LogP contribution in [0, 0.1) is 13.8 Å². The third kappa shape index (κ3) is 5.64. The van der Waals surface area contributed by atoms with Crippen molar-refractivity contribution in [2.75, 3.05) is 25.6 Å². The summed E-state index contributed by atoms with van der Waals surface area (Å²) in [5.41, 5.74) is 13.9. The molecule has 9 nitrogen and oxygen atoms in total. The van der Waals surface area contributed by atoms with Gasteiger partial charge in [-0.05, 0) is 56.0 Å². The number of likely N-dealkylation sites (tertiary alicyclic amines) is 1. The van der Waals surface area contributed by atoms with Gasteiger partial charge >= 0.3 is 0 Å². The van der Waals surface area contributed by atoms with Crippen LogP contribution >= 0.6 is 0 Å². The van der Waals surface area contributed by atoms with Gasteiger partial charge in [-0.3, -0.25) is 9.59 Å². The summed E-state index contributed by atoms with van der Waals surface area (Å²) in [5, 5.41) is 2.86. The van der Waals surface area contributed by atoms with Gasteiger partial charge in [0, 0.05) is 18.8 Å². The number of ether oxygens (including phenoxy) is 2. The molecule has 2 aromatic rings. The second kappa shape index (κ2) is 10.1. The van der Waals surface area contributed by atoms with E-state index in [4.69, 9.17) is 20.9 Å². The summed E-state index contributed by atoms with van der Waals surface area (Å²) in [6.45, 7) is 5.14. The minimum atomic E-state index is -0.414. The van der Waals surface area contributed by atoms with Crippen LogP contribution in [0.5, 0.6) is 11.5 Å². The fourth-order valence-electron chi connectivity index (χ4n) is 3.56. The molecule has 0 aliphatic carbocycles. The molecule has 4 rings (SSSR count). The van der Waals surface area contributed by atoms with E-state index < -0.39 is 6.04 Å². The summed E-state index contributed by atoms with van der Waals surface area (Å²) in [5.74, 6) is 1.84. The summed E-state index contributed by atoms with van der Waals surface area (Å²) in [7, 11) is 0. The first-order chi connectivity index (χ1) is 14.9. The average Bonchev–Trinajstić information content (AvgIpc) is 3.42. The smallest absolute Gasteiger partial charge is 0.243 e. The second-order valence-corrected chi connectivity index (χ2v) is 7.50. The summed E-state index contributed by atoms with van der Waals surface area (Å²) in [6, 6.07) is 9.04. The van der Waals surface area contributed by atoms with Crippen molar-refractivity contribution < 1.29 is 19.1 Å². The molecule has 1 fully saturated rings. The highest BCUT2D eigenvalue weighted by molar-refractivity contribution is 5.88. The quantitative estimate of drug-likeness (QED) is 0.669. The summed E-state index contributed by atoms with van der Waals surface area (Å²) in [4.78, 5) is 29.6. The van der Waals surface area contributed by atoms with Crippen LogP contribution in [0.1, 0.15) is 29.7 Å². The number of hydrogen-bond donors (Lipinski definition) is 3. The number of benzene rings is 1. The monoisotopic (exact) mass is 427 g/mol. The standard InChI is InChI=1S/C14H21N5O2.C8H8O2/c1-9-10(4-5-12(16)18-9)8-17-14(21)11-3-2-6-19(11)13(20)7-15;1-6-2-3-7-8(4-6)10-5-9-7/h4-5,11H,2-3,6-8,15H2,1H3,(H2,16,18)(H,17,21);2-4H,5H2,1H3. The number of carbonyl (C=O) groups is 2. The number of hydrogen-bond acceptors (Lipinski definition) is 7. The lowest BCUT2D eigenvalue weighted by molar-refractivity contribution is -0.137. The number of carbonyl (C=O) groups excluding carboxylic acids is 2. The van der Waals surface area contributed by atoms with Crippen molar-refractivity contribution in [3.05, 3.63) is 47.2 Å². The lowest BCUT2D eigenvalue weighted by Gasteiger charge is -2.23. The van der Waals surface area contributed by atoms with E-state index in [9.17, 15) is 9.59 Å². The van der Waals surface area contributed by atoms with Gasteiger partial charge in [-0.15, -0.1) is 0 Å². The first kappa shape index (κ1) is 22.4. The normalized spacial score (nSPS) is 16.5. The van der Waals surface area contributed by atoms with E-state index in [0.29, 0.717) is 32.1 Å². The number of nitrogens with one attached hydrogen (secondary N) is 1. The van der Waals surface area contributed by atoms with E-state index in [1.54, 1.807) is 11.0 Å². The first-order valence-corrected chi connectivity index (χ1v) is 10.2. The molecular weight excluding hydrogens is 398 g/mol. The summed E-state index contributed by atoms with van der Waals surface area (Å²) >= 11 is 0. The summed E-state index contributed by atoms with van der Waals surface area (Å²) in [6.07, 6.45) is 1.50. The van der Waals surface area contributed by atoms with E-state index in [2.05, 4.69) is 10.3 Å². The Morgan fingerprint density at radius 2 is 1.97 bits per heavy atom. The van der Waals surface area contributed by atoms with Crippen LogP contribution in [0.4, 0.5) is 5.82 Å². The van der Waals surface area contributed by atoms with Crippen molar-refractivity contribution in [3.63, 3.8) is 0 Å². The zero-order valence-electron chi connectivity index (χ0n) is 17.9. The second-order valence-electron chi connectivity index (χ2n) is 7.50. The molecule has 1 saturated heterocycles. The largest absolute Gasteiger partial charge is 0.454 e. The van der Waals surface area contributed by atoms with Gasteiger partial charge < -0.3 is 31.2 Å². The lowest BCUT2D eigenvalue weighted by Crippen LogP contribution is -2.47.